The number of nitrogens with zero attached hydrogens (tertiary/aromatic N) is 2. The number of ether oxygens (including phenoxy) is 1. The average Bonchev–Trinajstić information content (AvgIpc) is 3.14. The van der Waals surface area contributed by atoms with Crippen molar-refractivity contribution < 1.29 is 9.84 Å². The van der Waals surface area contributed by atoms with E-state index in [-0.39, 0.29) is 13.2 Å². The van der Waals surface area contributed by atoms with Gasteiger partial charge in [0.25, 0.3) is 0 Å². The topological polar surface area (TPSA) is 78.8 Å². The third-order valence-electron chi connectivity index (χ3n) is 3.73. The van der Waals surface area contributed by atoms with E-state index < -0.39 is 6.10 Å². The van der Waals surface area contributed by atoms with E-state index in [4.69, 9.17) is 27.9 Å². The molecule has 6 nitrogen and oxygen atoms in total. The van der Waals surface area contributed by atoms with Crippen molar-refractivity contribution in [3.05, 3.63) is 44.3 Å². The predicted molar refractivity (Wildman–Crippen MR) is 117 cm³/mol. The molecular weight excluding hydrogens is 419 g/mol. The van der Waals surface area contributed by atoms with Gasteiger partial charge in [0.05, 0.1) is 17.3 Å². The van der Waals surface area contributed by atoms with E-state index in [2.05, 4.69) is 39.8 Å². The molecule has 0 saturated heterocycles. The van der Waals surface area contributed by atoms with E-state index in [1.807, 2.05) is 6.92 Å². The molecule has 0 aliphatic rings. The van der Waals surface area contributed by atoms with Crippen LogP contribution < -0.4 is 15.4 Å². The van der Waals surface area contributed by atoms with Crippen LogP contribution in [0.15, 0.2) is 28.6 Å². The van der Waals surface area contributed by atoms with Crippen LogP contribution in [-0.2, 0) is 6.54 Å². The highest BCUT2D eigenvalue weighted by Gasteiger charge is 2.11. The highest BCUT2D eigenvalue weighted by Crippen LogP contribution is 2.31. The Kier molecular flexibility index (Phi) is 9.31. The molecule has 0 amide bonds. The quantitative estimate of drug-likeness (QED) is 0.401. The van der Waals surface area contributed by atoms with Gasteiger partial charge in [0.15, 0.2) is 5.96 Å². The van der Waals surface area contributed by atoms with E-state index >= 15 is 0 Å². The monoisotopic (exact) mass is 444 g/mol. The van der Waals surface area contributed by atoms with Crippen molar-refractivity contribution in [1.82, 2.24) is 15.6 Å². The standard InChI is InChI=1S/C19H26Cl2N4O2S/c1-4-22-19(24-9-17-25-15(11-28-17)12(2)3)23-8-13(26)10-27-16-7-5-6-14(20)18(16)21/h5-7,11-13,26H,4,8-10H2,1-3H3,(H2,22,23,24). The summed E-state index contributed by atoms with van der Waals surface area (Å²) in [6, 6.07) is 5.13. The van der Waals surface area contributed by atoms with Crippen LogP contribution in [0.4, 0.5) is 0 Å². The van der Waals surface area contributed by atoms with Gasteiger partial charge in [0.1, 0.15) is 28.5 Å². The Morgan fingerprint density at radius 3 is 2.79 bits per heavy atom. The second-order valence-corrected chi connectivity index (χ2v) is 8.14. The maximum absolute atomic E-state index is 10.2. The lowest BCUT2D eigenvalue weighted by Gasteiger charge is -2.16. The lowest BCUT2D eigenvalue weighted by atomic mass is 10.2. The van der Waals surface area contributed by atoms with Crippen LogP contribution in [-0.4, -0.2) is 41.9 Å². The van der Waals surface area contributed by atoms with Crippen molar-refractivity contribution in [2.75, 3.05) is 19.7 Å². The van der Waals surface area contributed by atoms with Crippen molar-refractivity contribution in [3.63, 3.8) is 0 Å². The minimum Gasteiger partial charge on any atom is -0.489 e. The molecule has 1 heterocycles. The first kappa shape index (κ1) is 22.7. The van der Waals surface area contributed by atoms with Crippen LogP contribution >= 0.6 is 34.5 Å². The highest BCUT2D eigenvalue weighted by molar-refractivity contribution is 7.09. The number of aliphatic imine (C=N–C) groups is 1. The molecule has 9 heteroatoms. The minimum absolute atomic E-state index is 0.0801. The molecule has 28 heavy (non-hydrogen) atoms. The zero-order valence-electron chi connectivity index (χ0n) is 16.2. The number of benzene rings is 1. The molecule has 0 aliphatic heterocycles. The molecule has 1 unspecified atom stereocenters. The van der Waals surface area contributed by atoms with Gasteiger partial charge in [-0.05, 0) is 25.0 Å². The molecular formula is C19H26Cl2N4O2S. The number of aromatic nitrogens is 1. The second-order valence-electron chi connectivity index (χ2n) is 6.41. The largest absolute Gasteiger partial charge is 0.489 e. The van der Waals surface area contributed by atoms with Crippen LogP contribution in [0.25, 0.3) is 0 Å². The number of nitrogens with one attached hydrogen (secondary N) is 2. The molecule has 0 radical (unpaired) electrons. The number of thiazole rings is 1. The van der Waals surface area contributed by atoms with Crippen LogP contribution in [0.5, 0.6) is 5.75 Å². The first-order valence-corrected chi connectivity index (χ1v) is 10.8. The number of aliphatic hydroxyl groups is 1. The molecule has 1 aromatic carbocycles. The first-order chi connectivity index (χ1) is 13.4. The summed E-state index contributed by atoms with van der Waals surface area (Å²) in [5, 5.41) is 20.2. The molecule has 0 fully saturated rings. The number of guanidine groups is 1. The number of hydrogen-bond acceptors (Lipinski definition) is 5. The summed E-state index contributed by atoms with van der Waals surface area (Å²) < 4.78 is 5.55. The zero-order valence-corrected chi connectivity index (χ0v) is 18.5. The number of rotatable bonds is 9. The van der Waals surface area contributed by atoms with Gasteiger partial charge in [-0.3, -0.25) is 0 Å². The van der Waals surface area contributed by atoms with Gasteiger partial charge in [-0.15, -0.1) is 11.3 Å². The summed E-state index contributed by atoms with van der Waals surface area (Å²) in [6.07, 6.45) is -0.744. The van der Waals surface area contributed by atoms with Gasteiger partial charge in [-0.2, -0.15) is 0 Å². The number of aliphatic hydroxyl groups excluding tert-OH is 1. The van der Waals surface area contributed by atoms with Gasteiger partial charge in [0, 0.05) is 18.5 Å². The number of hydrogen-bond donors (Lipinski definition) is 3. The summed E-state index contributed by atoms with van der Waals surface area (Å²) in [4.78, 5) is 9.10. The molecule has 0 spiro atoms. The fourth-order valence-electron chi connectivity index (χ4n) is 2.21. The van der Waals surface area contributed by atoms with Crippen molar-refractivity contribution >= 4 is 40.5 Å². The van der Waals surface area contributed by atoms with E-state index in [1.54, 1.807) is 29.5 Å². The Labute approximate surface area is 180 Å². The fraction of sp³-hybridized carbons (Fsp3) is 0.474. The summed E-state index contributed by atoms with van der Waals surface area (Å²) in [7, 11) is 0. The fourth-order valence-corrected chi connectivity index (χ4v) is 3.43. The molecule has 3 N–H and O–H groups in total. The Morgan fingerprint density at radius 2 is 2.11 bits per heavy atom. The summed E-state index contributed by atoms with van der Waals surface area (Å²) in [6.45, 7) is 7.78. The molecule has 1 aromatic heterocycles. The van der Waals surface area contributed by atoms with Gasteiger partial charge in [0.2, 0.25) is 0 Å². The van der Waals surface area contributed by atoms with Gasteiger partial charge in [-0.25, -0.2) is 9.98 Å². The Hall–Kier alpha value is -1.54. The summed E-state index contributed by atoms with van der Waals surface area (Å²) in [5.41, 5.74) is 1.08. The van der Waals surface area contributed by atoms with Gasteiger partial charge >= 0.3 is 0 Å². The van der Waals surface area contributed by atoms with Crippen LogP contribution in [0.3, 0.4) is 0 Å². The predicted octanol–water partition coefficient (Wildman–Crippen LogP) is 4.07. The lowest BCUT2D eigenvalue weighted by Crippen LogP contribution is -2.42. The third kappa shape index (κ3) is 7.13. The van der Waals surface area contributed by atoms with E-state index in [1.165, 1.54) is 0 Å². The van der Waals surface area contributed by atoms with E-state index in [0.29, 0.717) is 40.8 Å². The van der Waals surface area contributed by atoms with Gasteiger partial charge < -0.3 is 20.5 Å². The third-order valence-corrected chi connectivity index (χ3v) is 5.38. The van der Waals surface area contributed by atoms with Crippen LogP contribution in [0, 0.1) is 0 Å². The second kappa shape index (κ2) is 11.5. The normalized spacial score (nSPS) is 12.9. The average molecular weight is 445 g/mol. The minimum atomic E-state index is -0.744. The summed E-state index contributed by atoms with van der Waals surface area (Å²) in [5.74, 6) is 1.46. The van der Waals surface area contributed by atoms with Crippen molar-refractivity contribution in [1.29, 1.82) is 0 Å². The first-order valence-electron chi connectivity index (χ1n) is 9.12. The molecule has 0 saturated carbocycles. The molecule has 154 valence electrons. The SMILES string of the molecule is CCNC(=NCc1nc(C(C)C)cs1)NCC(O)COc1cccc(Cl)c1Cl. The van der Waals surface area contributed by atoms with Crippen molar-refractivity contribution in [3.8, 4) is 5.75 Å². The smallest absolute Gasteiger partial charge is 0.191 e. The molecule has 0 aliphatic carbocycles. The van der Waals surface area contributed by atoms with Gasteiger partial charge in [-0.1, -0.05) is 43.1 Å². The van der Waals surface area contributed by atoms with E-state index in [9.17, 15) is 5.11 Å². The van der Waals surface area contributed by atoms with Crippen LogP contribution in [0.1, 0.15) is 37.4 Å². The molecule has 2 aromatic rings. The Morgan fingerprint density at radius 1 is 1.32 bits per heavy atom. The Bertz CT molecular complexity index is 783. The lowest BCUT2D eigenvalue weighted by molar-refractivity contribution is 0.110. The van der Waals surface area contributed by atoms with Crippen molar-refractivity contribution in [2.24, 2.45) is 4.99 Å². The van der Waals surface area contributed by atoms with Crippen LogP contribution in [0.2, 0.25) is 10.0 Å². The zero-order chi connectivity index (χ0) is 20.5. The maximum atomic E-state index is 10.2. The van der Waals surface area contributed by atoms with Crippen molar-refractivity contribution in [2.45, 2.75) is 39.3 Å². The Balaban J connectivity index is 1.84. The number of halogens is 2. The molecule has 2 rings (SSSR count). The molecule has 1 atom stereocenters. The summed E-state index contributed by atoms with van der Waals surface area (Å²) >= 11 is 13.6. The molecule has 0 bridgehead atoms. The maximum Gasteiger partial charge on any atom is 0.191 e. The van der Waals surface area contributed by atoms with E-state index in [0.717, 1.165) is 10.7 Å². The highest BCUT2D eigenvalue weighted by atomic mass is 35.5.